The molecule has 1 aromatic heterocycles. The number of likely N-dealkylation sites (N-methyl/N-ethyl adjacent to an activating group) is 1. The highest BCUT2D eigenvalue weighted by Crippen LogP contribution is 2.37. The van der Waals surface area contributed by atoms with Crippen LogP contribution in [-0.4, -0.2) is 39.9 Å². The lowest BCUT2D eigenvalue weighted by Crippen LogP contribution is -2.31. The SMILES string of the molecule is CCc1nn(C2CCCC2)c2c1C(=O)N(C)CC(c1ccccc1)=N2. The average molecular weight is 336 g/mol. The molecule has 1 aliphatic carbocycles. The number of hydrogen-bond donors (Lipinski definition) is 0. The van der Waals surface area contributed by atoms with E-state index >= 15 is 0 Å². The van der Waals surface area contributed by atoms with Crippen molar-refractivity contribution in [3.05, 3.63) is 47.2 Å². The number of amides is 1. The lowest BCUT2D eigenvalue weighted by molar-refractivity contribution is 0.0816. The largest absolute Gasteiger partial charge is 0.336 e. The summed E-state index contributed by atoms with van der Waals surface area (Å²) < 4.78 is 2.04. The van der Waals surface area contributed by atoms with E-state index in [1.54, 1.807) is 4.90 Å². The Morgan fingerprint density at radius 3 is 2.56 bits per heavy atom. The standard InChI is InChI=1S/C20H24N4O/c1-3-16-18-19(24(22-16)15-11-7-8-12-15)21-17(13-23(2)20(18)25)14-9-5-4-6-10-14/h4-6,9-10,15H,3,7-8,11-13H2,1-2H3. The Hall–Kier alpha value is -2.43. The second-order valence-electron chi connectivity index (χ2n) is 6.97. The van der Waals surface area contributed by atoms with Crippen LogP contribution in [0.25, 0.3) is 0 Å². The first-order chi connectivity index (χ1) is 12.2. The van der Waals surface area contributed by atoms with Crippen molar-refractivity contribution in [2.45, 2.75) is 45.1 Å². The summed E-state index contributed by atoms with van der Waals surface area (Å²) in [6, 6.07) is 10.5. The van der Waals surface area contributed by atoms with E-state index in [-0.39, 0.29) is 5.91 Å². The maximum Gasteiger partial charge on any atom is 0.259 e. The van der Waals surface area contributed by atoms with Crippen molar-refractivity contribution >= 4 is 17.4 Å². The number of rotatable bonds is 3. The van der Waals surface area contributed by atoms with Crippen molar-refractivity contribution in [1.29, 1.82) is 0 Å². The van der Waals surface area contributed by atoms with Gasteiger partial charge in [-0.2, -0.15) is 5.10 Å². The number of carbonyl (C=O) groups is 1. The molecule has 4 rings (SSSR count). The molecular weight excluding hydrogens is 312 g/mol. The van der Waals surface area contributed by atoms with E-state index in [1.165, 1.54) is 12.8 Å². The molecule has 25 heavy (non-hydrogen) atoms. The number of aromatic nitrogens is 2. The zero-order valence-corrected chi connectivity index (χ0v) is 14.9. The van der Waals surface area contributed by atoms with Gasteiger partial charge in [-0.25, -0.2) is 9.67 Å². The molecule has 0 saturated heterocycles. The van der Waals surface area contributed by atoms with Gasteiger partial charge in [0.1, 0.15) is 5.56 Å². The summed E-state index contributed by atoms with van der Waals surface area (Å²) in [5, 5.41) is 4.81. The molecule has 0 bridgehead atoms. The molecule has 0 spiro atoms. The third kappa shape index (κ3) is 2.77. The molecule has 1 aliphatic heterocycles. The van der Waals surface area contributed by atoms with Crippen LogP contribution < -0.4 is 0 Å². The highest BCUT2D eigenvalue weighted by molar-refractivity contribution is 6.10. The zero-order chi connectivity index (χ0) is 17.4. The third-order valence-corrected chi connectivity index (χ3v) is 5.26. The monoisotopic (exact) mass is 336 g/mol. The topological polar surface area (TPSA) is 50.5 Å². The van der Waals surface area contributed by atoms with E-state index in [4.69, 9.17) is 10.1 Å². The second-order valence-corrected chi connectivity index (χ2v) is 6.97. The van der Waals surface area contributed by atoms with Gasteiger partial charge in [-0.05, 0) is 24.8 Å². The van der Waals surface area contributed by atoms with Gasteiger partial charge in [0.05, 0.1) is 24.0 Å². The number of carbonyl (C=O) groups excluding carboxylic acids is 1. The number of benzene rings is 1. The summed E-state index contributed by atoms with van der Waals surface area (Å²) in [5.74, 6) is 0.794. The fourth-order valence-electron chi connectivity index (χ4n) is 3.89. The molecule has 5 heteroatoms. The predicted octanol–water partition coefficient (Wildman–Crippen LogP) is 3.77. The first-order valence-electron chi connectivity index (χ1n) is 9.19. The summed E-state index contributed by atoms with van der Waals surface area (Å²) in [6.07, 6.45) is 5.44. The van der Waals surface area contributed by atoms with Gasteiger partial charge in [0, 0.05) is 7.05 Å². The summed E-state index contributed by atoms with van der Waals surface area (Å²) in [7, 11) is 1.85. The van der Waals surface area contributed by atoms with Crippen LogP contribution in [0, 0.1) is 0 Å². The average Bonchev–Trinajstić information content (AvgIpc) is 3.26. The molecule has 2 heterocycles. The first-order valence-corrected chi connectivity index (χ1v) is 9.19. The number of aliphatic imine (C=N–C) groups is 1. The minimum absolute atomic E-state index is 0.0331. The Morgan fingerprint density at radius 1 is 1.16 bits per heavy atom. The van der Waals surface area contributed by atoms with Gasteiger partial charge in [0.15, 0.2) is 5.82 Å². The predicted molar refractivity (Wildman–Crippen MR) is 98.7 cm³/mol. The van der Waals surface area contributed by atoms with E-state index in [9.17, 15) is 4.79 Å². The van der Waals surface area contributed by atoms with Crippen molar-refractivity contribution in [3.63, 3.8) is 0 Å². The van der Waals surface area contributed by atoms with Gasteiger partial charge in [-0.3, -0.25) is 4.79 Å². The normalized spacial score (nSPS) is 18.2. The summed E-state index contributed by atoms with van der Waals surface area (Å²) in [4.78, 5) is 19.8. The molecule has 5 nitrogen and oxygen atoms in total. The van der Waals surface area contributed by atoms with E-state index in [1.807, 2.05) is 29.9 Å². The van der Waals surface area contributed by atoms with Crippen LogP contribution in [0.1, 0.15) is 60.3 Å². The third-order valence-electron chi connectivity index (χ3n) is 5.26. The van der Waals surface area contributed by atoms with Crippen molar-refractivity contribution in [1.82, 2.24) is 14.7 Å². The van der Waals surface area contributed by atoms with Crippen LogP contribution in [0.15, 0.2) is 35.3 Å². The van der Waals surface area contributed by atoms with Crippen LogP contribution in [0.4, 0.5) is 5.82 Å². The maximum absolute atomic E-state index is 13.0. The Morgan fingerprint density at radius 2 is 1.88 bits per heavy atom. The molecule has 0 N–H and O–H groups in total. The molecule has 130 valence electrons. The van der Waals surface area contributed by atoms with E-state index in [0.717, 1.165) is 42.0 Å². The molecule has 0 radical (unpaired) electrons. The van der Waals surface area contributed by atoms with Crippen LogP contribution in [0.3, 0.4) is 0 Å². The van der Waals surface area contributed by atoms with Gasteiger partial charge < -0.3 is 4.90 Å². The highest BCUT2D eigenvalue weighted by Gasteiger charge is 2.32. The van der Waals surface area contributed by atoms with Crippen LogP contribution in [0.5, 0.6) is 0 Å². The van der Waals surface area contributed by atoms with Crippen molar-refractivity contribution < 1.29 is 4.79 Å². The lowest BCUT2D eigenvalue weighted by Gasteiger charge is -2.15. The summed E-state index contributed by atoms with van der Waals surface area (Å²) in [5.41, 5.74) is 3.56. The molecule has 1 amide bonds. The number of fused-ring (bicyclic) bond motifs is 1. The van der Waals surface area contributed by atoms with Gasteiger partial charge in [-0.15, -0.1) is 0 Å². The van der Waals surface area contributed by atoms with Gasteiger partial charge in [-0.1, -0.05) is 50.1 Å². The van der Waals surface area contributed by atoms with Crippen LogP contribution in [-0.2, 0) is 6.42 Å². The quantitative estimate of drug-likeness (QED) is 0.857. The fraction of sp³-hybridized carbons (Fsp3) is 0.450. The van der Waals surface area contributed by atoms with Gasteiger partial charge >= 0.3 is 0 Å². The summed E-state index contributed by atoms with van der Waals surface area (Å²) in [6.45, 7) is 2.58. The number of aryl methyl sites for hydroxylation is 1. The molecule has 1 aromatic carbocycles. The minimum Gasteiger partial charge on any atom is -0.336 e. The molecule has 1 saturated carbocycles. The van der Waals surface area contributed by atoms with E-state index in [2.05, 4.69) is 19.1 Å². The zero-order valence-electron chi connectivity index (χ0n) is 14.9. The lowest BCUT2D eigenvalue weighted by atomic mass is 10.1. The van der Waals surface area contributed by atoms with Crippen LogP contribution in [0.2, 0.25) is 0 Å². The summed E-state index contributed by atoms with van der Waals surface area (Å²) >= 11 is 0. The Kier molecular flexibility index (Phi) is 4.15. The Balaban J connectivity index is 1.90. The molecule has 0 atom stereocenters. The number of hydrogen-bond acceptors (Lipinski definition) is 3. The van der Waals surface area contributed by atoms with E-state index in [0.29, 0.717) is 18.2 Å². The molecule has 2 aromatic rings. The Bertz CT molecular complexity index is 816. The molecule has 0 unspecified atom stereocenters. The molecule has 1 fully saturated rings. The minimum atomic E-state index is 0.0331. The van der Waals surface area contributed by atoms with Gasteiger partial charge in [0.25, 0.3) is 5.91 Å². The first kappa shape index (κ1) is 16.1. The fourth-order valence-corrected chi connectivity index (χ4v) is 3.89. The van der Waals surface area contributed by atoms with Crippen molar-refractivity contribution in [2.75, 3.05) is 13.6 Å². The van der Waals surface area contributed by atoms with Gasteiger partial charge in [0.2, 0.25) is 0 Å². The second kappa shape index (κ2) is 6.47. The molecular formula is C20H24N4O. The smallest absolute Gasteiger partial charge is 0.259 e. The number of nitrogens with zero attached hydrogens (tertiary/aromatic N) is 4. The van der Waals surface area contributed by atoms with Crippen molar-refractivity contribution in [2.24, 2.45) is 4.99 Å². The van der Waals surface area contributed by atoms with Crippen molar-refractivity contribution in [3.8, 4) is 0 Å². The van der Waals surface area contributed by atoms with E-state index < -0.39 is 0 Å². The maximum atomic E-state index is 13.0. The van der Waals surface area contributed by atoms with Crippen LogP contribution >= 0.6 is 0 Å². The highest BCUT2D eigenvalue weighted by atomic mass is 16.2. The Labute approximate surface area is 148 Å². The molecule has 2 aliphatic rings.